The number of aryl methyl sites for hydroxylation is 1. The molecule has 1 aromatic heterocycles. The molecule has 2 amide bonds. The van der Waals surface area contributed by atoms with Gasteiger partial charge in [-0.15, -0.1) is 10.2 Å². The van der Waals surface area contributed by atoms with Gasteiger partial charge in [-0.1, -0.05) is 32.1 Å². The number of carbonyl (C=O) groups excluding carboxylic acids is 3. The second-order valence-corrected chi connectivity index (χ2v) is 6.87. The van der Waals surface area contributed by atoms with Crippen LogP contribution in [-0.4, -0.2) is 52.8 Å². The fourth-order valence-electron chi connectivity index (χ4n) is 2.12. The molecule has 0 bridgehead atoms. The monoisotopic (exact) mass is 370 g/mol. The van der Waals surface area contributed by atoms with Crippen LogP contribution < -0.4 is 10.6 Å². The van der Waals surface area contributed by atoms with Crippen molar-refractivity contribution in [3.05, 3.63) is 5.01 Å². The van der Waals surface area contributed by atoms with Gasteiger partial charge in [0, 0.05) is 0 Å². The minimum atomic E-state index is -0.915. The fourth-order valence-corrected chi connectivity index (χ4v) is 2.80. The van der Waals surface area contributed by atoms with E-state index in [2.05, 4.69) is 20.8 Å². The molecular formula is C15H22N4O5S. The largest absolute Gasteiger partial charge is 0.464 e. The summed E-state index contributed by atoms with van der Waals surface area (Å²) in [5.74, 6) is -1.65. The van der Waals surface area contributed by atoms with E-state index in [-0.39, 0.29) is 12.5 Å². The topological polar surface area (TPSA) is 123 Å². The second-order valence-electron chi connectivity index (χ2n) is 5.80. The molecule has 1 aliphatic rings. The Morgan fingerprint density at radius 2 is 1.96 bits per heavy atom. The van der Waals surface area contributed by atoms with E-state index in [9.17, 15) is 14.4 Å². The van der Waals surface area contributed by atoms with Crippen LogP contribution in [0.4, 0.5) is 5.13 Å². The molecule has 1 saturated heterocycles. The molecule has 0 radical (unpaired) electrons. The van der Waals surface area contributed by atoms with E-state index in [4.69, 9.17) is 9.47 Å². The van der Waals surface area contributed by atoms with Crippen LogP contribution in [0.3, 0.4) is 0 Å². The average Bonchev–Trinajstić information content (AvgIpc) is 3.25. The molecular weight excluding hydrogens is 348 g/mol. The van der Waals surface area contributed by atoms with Gasteiger partial charge >= 0.3 is 5.97 Å². The first-order valence-corrected chi connectivity index (χ1v) is 8.94. The summed E-state index contributed by atoms with van der Waals surface area (Å²) in [6, 6.07) is -0.784. The SMILES string of the molecule is CCOC(=O)[C@H]1O[C@@H]1C(=O)N[C@H](C(=O)Nc1nnc(CC)s1)C(C)C. The van der Waals surface area contributed by atoms with Crippen LogP contribution in [0.5, 0.6) is 0 Å². The van der Waals surface area contributed by atoms with Crippen molar-refractivity contribution in [1.82, 2.24) is 15.5 Å². The maximum atomic E-state index is 12.4. The number of hydrogen-bond acceptors (Lipinski definition) is 8. The van der Waals surface area contributed by atoms with Crippen molar-refractivity contribution < 1.29 is 23.9 Å². The molecule has 10 heteroatoms. The van der Waals surface area contributed by atoms with Gasteiger partial charge in [-0.2, -0.15) is 0 Å². The molecule has 9 nitrogen and oxygen atoms in total. The highest BCUT2D eigenvalue weighted by Gasteiger charge is 2.52. The van der Waals surface area contributed by atoms with Crippen LogP contribution in [0.15, 0.2) is 0 Å². The van der Waals surface area contributed by atoms with Crippen molar-refractivity contribution in [1.29, 1.82) is 0 Å². The number of esters is 1. The molecule has 0 saturated carbocycles. The molecule has 0 aliphatic carbocycles. The van der Waals surface area contributed by atoms with Gasteiger partial charge in [0.1, 0.15) is 11.0 Å². The van der Waals surface area contributed by atoms with E-state index in [0.717, 1.165) is 11.4 Å². The minimum Gasteiger partial charge on any atom is -0.464 e. The van der Waals surface area contributed by atoms with Crippen molar-refractivity contribution in [3.8, 4) is 0 Å². The lowest BCUT2D eigenvalue weighted by molar-refractivity contribution is -0.144. The van der Waals surface area contributed by atoms with Crippen molar-refractivity contribution in [3.63, 3.8) is 0 Å². The summed E-state index contributed by atoms with van der Waals surface area (Å²) >= 11 is 1.28. The Labute approximate surface area is 149 Å². The summed E-state index contributed by atoms with van der Waals surface area (Å²) in [7, 11) is 0. The zero-order valence-electron chi connectivity index (χ0n) is 14.6. The van der Waals surface area contributed by atoms with Crippen LogP contribution in [-0.2, 0) is 30.3 Å². The van der Waals surface area contributed by atoms with Gasteiger partial charge < -0.3 is 14.8 Å². The zero-order chi connectivity index (χ0) is 18.6. The molecule has 0 aromatic carbocycles. The Hall–Kier alpha value is -2.07. The molecule has 0 unspecified atom stereocenters. The highest BCUT2D eigenvalue weighted by atomic mass is 32.1. The third-order valence-corrected chi connectivity index (χ3v) is 4.50. The number of epoxide rings is 1. The molecule has 2 N–H and O–H groups in total. The molecule has 0 spiro atoms. The fraction of sp³-hybridized carbons (Fsp3) is 0.667. The minimum absolute atomic E-state index is 0.165. The molecule has 1 fully saturated rings. The van der Waals surface area contributed by atoms with Gasteiger partial charge in [0.15, 0.2) is 12.2 Å². The predicted molar refractivity (Wildman–Crippen MR) is 90.0 cm³/mol. The Bertz CT molecular complexity index is 648. The van der Waals surface area contributed by atoms with Gasteiger partial charge in [-0.05, 0) is 19.3 Å². The van der Waals surface area contributed by atoms with Crippen molar-refractivity contribution >= 4 is 34.3 Å². The molecule has 25 heavy (non-hydrogen) atoms. The Kier molecular flexibility index (Phi) is 6.43. The molecule has 1 aliphatic heterocycles. The summed E-state index contributed by atoms with van der Waals surface area (Å²) in [6.07, 6.45) is -1.08. The highest BCUT2D eigenvalue weighted by Crippen LogP contribution is 2.24. The normalized spacial score (nSPS) is 20.0. The van der Waals surface area contributed by atoms with E-state index in [1.807, 2.05) is 6.92 Å². The summed E-state index contributed by atoms with van der Waals surface area (Å²) in [6.45, 7) is 7.44. The molecule has 2 rings (SSSR count). The van der Waals surface area contributed by atoms with Crippen LogP contribution in [0.2, 0.25) is 0 Å². The number of rotatable bonds is 8. The van der Waals surface area contributed by atoms with Gasteiger partial charge in [-0.25, -0.2) is 4.79 Å². The third kappa shape index (κ3) is 4.95. The molecule has 3 atom stereocenters. The van der Waals surface area contributed by atoms with Crippen LogP contribution >= 0.6 is 11.3 Å². The maximum absolute atomic E-state index is 12.4. The van der Waals surface area contributed by atoms with Crippen LogP contribution in [0, 0.1) is 5.92 Å². The smallest absolute Gasteiger partial charge is 0.338 e. The van der Waals surface area contributed by atoms with Gasteiger partial charge in [0.25, 0.3) is 5.91 Å². The molecule has 2 heterocycles. The van der Waals surface area contributed by atoms with E-state index in [1.54, 1.807) is 20.8 Å². The first-order chi connectivity index (χ1) is 11.9. The molecule has 138 valence electrons. The van der Waals surface area contributed by atoms with Crippen LogP contribution in [0.25, 0.3) is 0 Å². The number of anilines is 1. The number of amides is 2. The Balaban J connectivity index is 1.93. The van der Waals surface area contributed by atoms with Crippen LogP contribution in [0.1, 0.15) is 32.7 Å². The number of carbonyl (C=O) groups is 3. The van der Waals surface area contributed by atoms with Gasteiger partial charge in [-0.3, -0.25) is 14.9 Å². The van der Waals surface area contributed by atoms with E-state index >= 15 is 0 Å². The predicted octanol–water partition coefficient (Wildman–Crippen LogP) is 0.510. The first-order valence-electron chi connectivity index (χ1n) is 8.13. The lowest BCUT2D eigenvalue weighted by Gasteiger charge is -2.20. The standard InChI is InChI=1S/C15H22N4O5S/c1-5-8-18-19-15(25-8)17-12(20)9(7(3)4)16-13(21)10-11(24-10)14(22)23-6-2/h7,9-11H,5-6H2,1-4H3,(H,16,21)(H,17,19,20)/t9-,10-,11-/m0/s1. The average molecular weight is 370 g/mol. The second kappa shape index (κ2) is 8.34. The van der Waals surface area contributed by atoms with E-state index in [1.165, 1.54) is 11.3 Å². The number of aromatic nitrogens is 2. The Morgan fingerprint density at radius 1 is 1.24 bits per heavy atom. The lowest BCUT2D eigenvalue weighted by Crippen LogP contribution is -2.49. The highest BCUT2D eigenvalue weighted by molar-refractivity contribution is 7.15. The number of nitrogens with one attached hydrogen (secondary N) is 2. The summed E-state index contributed by atoms with van der Waals surface area (Å²) in [5, 5.41) is 14.3. The van der Waals surface area contributed by atoms with Gasteiger partial charge in [0.05, 0.1) is 6.61 Å². The summed E-state index contributed by atoms with van der Waals surface area (Å²) in [5.41, 5.74) is 0. The molecule has 1 aromatic rings. The van der Waals surface area contributed by atoms with Crippen molar-refractivity contribution in [2.24, 2.45) is 5.92 Å². The van der Waals surface area contributed by atoms with E-state index < -0.39 is 36.0 Å². The quantitative estimate of drug-likeness (QED) is 0.505. The Morgan fingerprint density at radius 3 is 2.52 bits per heavy atom. The first kappa shape index (κ1) is 19.3. The number of hydrogen-bond donors (Lipinski definition) is 2. The van der Waals surface area contributed by atoms with Gasteiger partial charge in [0.2, 0.25) is 11.0 Å². The lowest BCUT2D eigenvalue weighted by atomic mass is 10.0. The summed E-state index contributed by atoms with van der Waals surface area (Å²) < 4.78 is 9.85. The third-order valence-electron chi connectivity index (χ3n) is 3.52. The number of nitrogens with zero attached hydrogens (tertiary/aromatic N) is 2. The number of ether oxygens (including phenoxy) is 2. The van der Waals surface area contributed by atoms with Crippen molar-refractivity contribution in [2.75, 3.05) is 11.9 Å². The maximum Gasteiger partial charge on any atom is 0.338 e. The van der Waals surface area contributed by atoms with Crippen molar-refractivity contribution in [2.45, 2.75) is 52.4 Å². The van der Waals surface area contributed by atoms with E-state index in [0.29, 0.717) is 5.13 Å². The zero-order valence-corrected chi connectivity index (χ0v) is 15.4. The summed E-state index contributed by atoms with van der Waals surface area (Å²) in [4.78, 5) is 36.2.